The molecule has 0 atom stereocenters. The second-order valence-electron chi connectivity index (χ2n) is 5.13. The lowest BCUT2D eigenvalue weighted by Gasteiger charge is -2.38. The van der Waals surface area contributed by atoms with Crippen LogP contribution < -0.4 is 0 Å². The van der Waals surface area contributed by atoms with Crippen LogP contribution in [-0.2, 0) is 0 Å². The van der Waals surface area contributed by atoms with E-state index in [1.165, 1.54) is 0 Å². The molecular formula is C12H28N2OSi. The van der Waals surface area contributed by atoms with Crippen molar-refractivity contribution >= 4 is 14.3 Å². The largest absolute Gasteiger partial charge is 0.352 e. The maximum Gasteiger partial charge on any atom is 0.311 e. The van der Waals surface area contributed by atoms with E-state index in [0.717, 1.165) is 32.5 Å². The van der Waals surface area contributed by atoms with Gasteiger partial charge in [0.2, 0.25) is 0 Å². The van der Waals surface area contributed by atoms with E-state index in [1.54, 1.807) is 0 Å². The Labute approximate surface area is 102 Å². The standard InChI is InChI=1S/C12H28N2OSi/c1-7-10-11-14(16(4,5)6)12(15)13(8-2)9-3/h7-11H2,1-6H3. The van der Waals surface area contributed by atoms with E-state index in [0.29, 0.717) is 0 Å². The number of carbonyl (C=O) groups is 1. The fourth-order valence-corrected chi connectivity index (χ4v) is 3.24. The third-order valence-electron chi connectivity index (χ3n) is 2.81. The second kappa shape index (κ2) is 6.94. The molecule has 0 spiro atoms. The van der Waals surface area contributed by atoms with E-state index in [2.05, 4.69) is 31.1 Å². The van der Waals surface area contributed by atoms with Crippen LogP contribution in [0.3, 0.4) is 0 Å². The molecular weight excluding hydrogens is 216 g/mol. The van der Waals surface area contributed by atoms with E-state index in [4.69, 9.17) is 0 Å². The highest BCUT2D eigenvalue weighted by Gasteiger charge is 2.30. The van der Waals surface area contributed by atoms with Crippen LogP contribution in [0.15, 0.2) is 0 Å². The zero-order valence-corrected chi connectivity index (χ0v) is 12.8. The summed E-state index contributed by atoms with van der Waals surface area (Å²) in [6.45, 7) is 15.5. The molecule has 0 aliphatic heterocycles. The summed E-state index contributed by atoms with van der Waals surface area (Å²) in [5, 5.41) is 0. The first kappa shape index (κ1) is 15.5. The Bertz CT molecular complexity index is 210. The molecule has 0 rings (SSSR count). The number of unbranched alkanes of at least 4 members (excludes halogenated alkanes) is 1. The Hall–Kier alpha value is -0.513. The van der Waals surface area contributed by atoms with Gasteiger partial charge in [-0.05, 0) is 20.3 Å². The Morgan fingerprint density at radius 2 is 1.56 bits per heavy atom. The minimum absolute atomic E-state index is 0.234. The van der Waals surface area contributed by atoms with E-state index in [9.17, 15) is 4.79 Å². The number of amides is 2. The minimum atomic E-state index is -1.54. The van der Waals surface area contributed by atoms with Gasteiger partial charge in [0.05, 0.1) is 0 Å². The number of rotatable bonds is 6. The quantitative estimate of drug-likeness (QED) is 0.657. The number of urea groups is 1. The highest BCUT2D eigenvalue weighted by atomic mass is 28.3. The molecule has 0 aromatic heterocycles. The summed E-state index contributed by atoms with van der Waals surface area (Å²) in [5.74, 6) is 0. The SMILES string of the molecule is CCCCN(C(=O)N(CC)CC)[Si](C)(C)C. The number of carbonyl (C=O) groups excluding carboxylic acids is 1. The van der Waals surface area contributed by atoms with Gasteiger partial charge in [0.1, 0.15) is 0 Å². The Balaban J connectivity index is 4.68. The van der Waals surface area contributed by atoms with Gasteiger partial charge in [0.15, 0.2) is 8.24 Å². The molecule has 0 aromatic rings. The summed E-state index contributed by atoms with van der Waals surface area (Å²) in [4.78, 5) is 14.3. The van der Waals surface area contributed by atoms with Crippen molar-refractivity contribution in [3.8, 4) is 0 Å². The first-order valence-electron chi connectivity index (χ1n) is 6.44. The molecule has 0 aliphatic carbocycles. The molecule has 96 valence electrons. The van der Waals surface area contributed by atoms with Crippen LogP contribution in [0.1, 0.15) is 33.6 Å². The topological polar surface area (TPSA) is 23.6 Å². The van der Waals surface area contributed by atoms with Crippen molar-refractivity contribution < 1.29 is 4.79 Å². The molecule has 0 bridgehead atoms. The molecule has 2 amide bonds. The Morgan fingerprint density at radius 1 is 1.06 bits per heavy atom. The van der Waals surface area contributed by atoms with Crippen LogP contribution in [-0.4, -0.2) is 43.4 Å². The van der Waals surface area contributed by atoms with E-state index < -0.39 is 8.24 Å². The van der Waals surface area contributed by atoms with Crippen molar-refractivity contribution in [1.82, 2.24) is 9.47 Å². The zero-order chi connectivity index (χ0) is 12.8. The van der Waals surface area contributed by atoms with Crippen molar-refractivity contribution in [2.75, 3.05) is 19.6 Å². The molecule has 0 aliphatic rings. The van der Waals surface area contributed by atoms with Gasteiger partial charge in [-0.2, -0.15) is 0 Å². The zero-order valence-electron chi connectivity index (χ0n) is 11.8. The fraction of sp³-hybridized carbons (Fsp3) is 0.917. The van der Waals surface area contributed by atoms with Crippen LogP contribution in [0.5, 0.6) is 0 Å². The van der Waals surface area contributed by atoms with Gasteiger partial charge in [-0.1, -0.05) is 33.0 Å². The first-order valence-corrected chi connectivity index (χ1v) is 9.89. The molecule has 16 heavy (non-hydrogen) atoms. The minimum Gasteiger partial charge on any atom is -0.352 e. The number of hydrogen-bond acceptors (Lipinski definition) is 1. The van der Waals surface area contributed by atoms with Crippen LogP contribution in [0, 0.1) is 0 Å². The second-order valence-corrected chi connectivity index (χ2v) is 10.0. The summed E-state index contributed by atoms with van der Waals surface area (Å²) < 4.78 is 2.13. The molecule has 0 saturated heterocycles. The lowest BCUT2D eigenvalue weighted by atomic mass is 10.3. The molecule has 0 aromatic carbocycles. The van der Waals surface area contributed by atoms with Crippen LogP contribution in [0.2, 0.25) is 19.6 Å². The van der Waals surface area contributed by atoms with Crippen molar-refractivity contribution in [1.29, 1.82) is 0 Å². The highest BCUT2D eigenvalue weighted by Crippen LogP contribution is 2.13. The molecule has 0 saturated carbocycles. The van der Waals surface area contributed by atoms with Crippen molar-refractivity contribution in [3.05, 3.63) is 0 Å². The lowest BCUT2D eigenvalue weighted by Crippen LogP contribution is -2.55. The van der Waals surface area contributed by atoms with E-state index >= 15 is 0 Å². The van der Waals surface area contributed by atoms with Crippen LogP contribution >= 0.6 is 0 Å². The van der Waals surface area contributed by atoms with Gasteiger partial charge in [-0.15, -0.1) is 0 Å². The molecule has 0 unspecified atom stereocenters. The normalized spacial score (nSPS) is 11.4. The Kier molecular flexibility index (Phi) is 6.72. The van der Waals surface area contributed by atoms with Gasteiger partial charge in [-0.25, -0.2) is 4.79 Å². The number of nitrogens with zero attached hydrogens (tertiary/aromatic N) is 2. The molecule has 3 nitrogen and oxygen atoms in total. The van der Waals surface area contributed by atoms with Gasteiger partial charge >= 0.3 is 6.03 Å². The summed E-state index contributed by atoms with van der Waals surface area (Å²) in [6.07, 6.45) is 2.25. The van der Waals surface area contributed by atoms with Crippen molar-refractivity contribution in [3.63, 3.8) is 0 Å². The molecule has 0 heterocycles. The molecule has 0 N–H and O–H groups in total. The summed E-state index contributed by atoms with van der Waals surface area (Å²) in [5.41, 5.74) is 0. The van der Waals surface area contributed by atoms with Gasteiger partial charge < -0.3 is 9.47 Å². The summed E-state index contributed by atoms with van der Waals surface area (Å²) >= 11 is 0. The van der Waals surface area contributed by atoms with E-state index in [-0.39, 0.29) is 6.03 Å². The molecule has 4 heteroatoms. The van der Waals surface area contributed by atoms with Crippen LogP contribution in [0.25, 0.3) is 0 Å². The summed E-state index contributed by atoms with van der Waals surface area (Å²) in [6, 6.07) is 0.234. The van der Waals surface area contributed by atoms with E-state index in [1.807, 2.05) is 18.7 Å². The van der Waals surface area contributed by atoms with Gasteiger partial charge in [-0.3, -0.25) is 0 Å². The fourth-order valence-electron chi connectivity index (χ4n) is 1.70. The lowest BCUT2D eigenvalue weighted by molar-refractivity contribution is 0.180. The monoisotopic (exact) mass is 244 g/mol. The maximum absolute atomic E-state index is 12.3. The average Bonchev–Trinajstić information content (AvgIpc) is 2.18. The smallest absolute Gasteiger partial charge is 0.311 e. The van der Waals surface area contributed by atoms with Gasteiger partial charge in [0, 0.05) is 19.6 Å². The molecule has 0 radical (unpaired) electrons. The average molecular weight is 244 g/mol. The Morgan fingerprint density at radius 3 is 1.88 bits per heavy atom. The third-order valence-corrected chi connectivity index (χ3v) is 4.84. The van der Waals surface area contributed by atoms with Crippen molar-refractivity contribution in [2.24, 2.45) is 0 Å². The van der Waals surface area contributed by atoms with Crippen molar-refractivity contribution in [2.45, 2.75) is 53.3 Å². The number of hydrogen-bond donors (Lipinski definition) is 0. The van der Waals surface area contributed by atoms with Gasteiger partial charge in [0.25, 0.3) is 0 Å². The predicted molar refractivity (Wildman–Crippen MR) is 73.3 cm³/mol. The maximum atomic E-state index is 12.3. The first-order chi connectivity index (χ1) is 7.38. The predicted octanol–water partition coefficient (Wildman–Crippen LogP) is 3.39. The van der Waals surface area contributed by atoms with Crippen LogP contribution in [0.4, 0.5) is 4.79 Å². The highest BCUT2D eigenvalue weighted by molar-refractivity contribution is 6.75. The summed E-state index contributed by atoms with van der Waals surface area (Å²) in [7, 11) is -1.54. The third kappa shape index (κ3) is 4.55. The molecule has 0 fully saturated rings.